The molecule has 1 aromatic rings. The molecule has 26 nitrogen and oxygen atoms in total. The molecule has 2 aliphatic heterocycles. The molecule has 454 valence electrons. The molecule has 6 N–H and O–H groups in total. The molecule has 0 fully saturated rings. The standard InChI is InChI=1S/C51H73F4N7O19/c52-36-35-37(53)49(55)50(48(36)54)81-47(71)12-21-75-27-31-79-33-34-80-32-30-78-24-16-59-51(72)38(60-42(66)11-20-74-26-29-77-23-15-58-40(64)9-18-62-45(69)6-7-46(62)70)3-1-2-13-56-41(65)10-19-73-25-28-76-22-14-57-39(63)8-17-61-43(67)4-5-44(61)68/h4-7,35,38,51,59,72H,1-3,8-34H2,(H,56,65)(H,57,63)(H,58,64)(H,60,66)/t38-,51?/m0/s1. The Morgan fingerprint density at radius 2 is 0.827 bits per heavy atom. The third-order valence-electron chi connectivity index (χ3n) is 11.2. The van der Waals surface area contributed by atoms with E-state index in [1.165, 1.54) is 0 Å². The summed E-state index contributed by atoms with van der Waals surface area (Å²) >= 11 is 0. The second-order valence-electron chi connectivity index (χ2n) is 17.4. The number of carbonyl (C=O) groups excluding carboxylic acids is 9. The van der Waals surface area contributed by atoms with Crippen LogP contribution >= 0.6 is 0 Å². The summed E-state index contributed by atoms with van der Waals surface area (Å²) in [6.45, 7) is 3.30. The van der Waals surface area contributed by atoms with Gasteiger partial charge in [-0.15, -0.1) is 0 Å². The lowest BCUT2D eigenvalue weighted by atomic mass is 10.1. The van der Waals surface area contributed by atoms with Crippen LogP contribution in [0.25, 0.3) is 0 Å². The van der Waals surface area contributed by atoms with E-state index in [2.05, 4.69) is 31.3 Å². The number of amides is 8. The predicted molar refractivity (Wildman–Crippen MR) is 272 cm³/mol. The van der Waals surface area contributed by atoms with Crippen LogP contribution in [0, 0.1) is 23.3 Å². The Morgan fingerprint density at radius 3 is 1.28 bits per heavy atom. The minimum Gasteiger partial charge on any atom is -0.420 e. The van der Waals surface area contributed by atoms with Crippen LogP contribution in [0.15, 0.2) is 30.4 Å². The molecule has 81 heavy (non-hydrogen) atoms. The number of aliphatic hydroxyl groups excluding tert-OH is 1. The maximum absolute atomic E-state index is 13.7. The summed E-state index contributed by atoms with van der Waals surface area (Å²) in [4.78, 5) is 109. The number of carbonyl (C=O) groups is 9. The van der Waals surface area contributed by atoms with Crippen LogP contribution in [-0.2, 0) is 81.0 Å². The number of unbranched alkanes of at least 4 members (excludes halogenated alkanes) is 1. The smallest absolute Gasteiger partial charge is 0.313 e. The highest BCUT2D eigenvalue weighted by Gasteiger charge is 2.26. The van der Waals surface area contributed by atoms with Gasteiger partial charge in [0.1, 0.15) is 6.23 Å². The number of hydrogen-bond acceptors (Lipinski definition) is 20. The molecule has 0 bridgehead atoms. The van der Waals surface area contributed by atoms with Crippen molar-refractivity contribution in [1.82, 2.24) is 36.4 Å². The number of hydrogen-bond donors (Lipinski definition) is 6. The van der Waals surface area contributed by atoms with E-state index in [0.717, 1.165) is 34.1 Å². The SMILES string of the molecule is O=C(CCOCCOCCNC(=O)CCN1C(=O)C=CC1=O)NCCCC[C@H](NC(=O)CCOCCOCCNC(=O)CCN1C(=O)C=CC1=O)C(O)NCCOCCOCCOCCOCCC(=O)Oc1c(F)c(F)cc(F)c1F. The first-order chi connectivity index (χ1) is 39.1. The van der Waals surface area contributed by atoms with Crippen LogP contribution < -0.4 is 31.3 Å². The van der Waals surface area contributed by atoms with Crippen molar-refractivity contribution in [1.29, 1.82) is 0 Å². The van der Waals surface area contributed by atoms with Gasteiger partial charge in [-0.3, -0.25) is 58.3 Å². The van der Waals surface area contributed by atoms with E-state index >= 15 is 0 Å². The first-order valence-corrected chi connectivity index (χ1v) is 26.3. The lowest BCUT2D eigenvalue weighted by Crippen LogP contribution is -2.51. The molecular weight excluding hydrogens is 1090 g/mol. The molecule has 1 aromatic carbocycles. The fourth-order valence-electron chi connectivity index (χ4n) is 6.94. The van der Waals surface area contributed by atoms with E-state index < -0.39 is 77.3 Å². The summed E-state index contributed by atoms with van der Waals surface area (Å²) in [5.41, 5.74) is 0. The van der Waals surface area contributed by atoms with E-state index in [1.807, 2.05) is 0 Å². The van der Waals surface area contributed by atoms with Crippen molar-refractivity contribution in [3.63, 3.8) is 0 Å². The fourth-order valence-corrected chi connectivity index (χ4v) is 6.94. The molecule has 2 atom stereocenters. The van der Waals surface area contributed by atoms with Crippen molar-refractivity contribution in [2.45, 2.75) is 63.6 Å². The number of esters is 1. The molecule has 0 saturated carbocycles. The Balaban J connectivity index is 1.23. The zero-order valence-electron chi connectivity index (χ0n) is 45.0. The first-order valence-electron chi connectivity index (χ1n) is 26.3. The molecule has 3 rings (SSSR count). The second kappa shape index (κ2) is 41.6. The normalized spacial score (nSPS) is 13.8. The minimum atomic E-state index is -1.83. The predicted octanol–water partition coefficient (Wildman–Crippen LogP) is -1.01. The molecule has 0 aliphatic carbocycles. The molecule has 0 spiro atoms. The van der Waals surface area contributed by atoms with E-state index in [1.54, 1.807) is 0 Å². The van der Waals surface area contributed by atoms with Crippen molar-refractivity contribution < 1.29 is 108 Å². The first kappa shape index (κ1) is 68.9. The minimum absolute atomic E-state index is 0.00874. The molecule has 8 amide bonds. The van der Waals surface area contributed by atoms with Gasteiger partial charge in [0.25, 0.3) is 23.6 Å². The Labute approximate surface area is 465 Å². The summed E-state index contributed by atoms with van der Waals surface area (Å²) in [6, 6.07) is -0.727. The van der Waals surface area contributed by atoms with Crippen LogP contribution in [0.4, 0.5) is 17.6 Å². The Bertz CT molecular complexity index is 2170. The molecule has 2 aliphatic rings. The highest BCUT2D eigenvalue weighted by atomic mass is 19.2. The van der Waals surface area contributed by atoms with Gasteiger partial charge in [0.15, 0.2) is 11.6 Å². The highest BCUT2D eigenvalue weighted by molar-refractivity contribution is 6.13. The van der Waals surface area contributed by atoms with Crippen LogP contribution in [0.1, 0.15) is 51.4 Å². The average Bonchev–Trinajstić information content (AvgIpc) is 3.96. The molecule has 0 aromatic heterocycles. The number of aliphatic hydroxyl groups is 1. The van der Waals surface area contributed by atoms with Crippen molar-refractivity contribution in [2.75, 3.05) is 145 Å². The van der Waals surface area contributed by atoms with Crippen LogP contribution in [0.2, 0.25) is 0 Å². The van der Waals surface area contributed by atoms with Gasteiger partial charge in [0, 0.05) is 95.3 Å². The summed E-state index contributed by atoms with van der Waals surface area (Å²) in [5, 5.41) is 24.9. The van der Waals surface area contributed by atoms with Crippen molar-refractivity contribution in [3.8, 4) is 5.75 Å². The monoisotopic (exact) mass is 1160 g/mol. The Morgan fingerprint density at radius 1 is 0.457 bits per heavy atom. The molecular formula is C51H73F4N7O19. The molecule has 0 saturated heterocycles. The fraction of sp³-hybridized carbons (Fsp3) is 0.627. The third-order valence-corrected chi connectivity index (χ3v) is 11.2. The van der Waals surface area contributed by atoms with Crippen LogP contribution in [0.3, 0.4) is 0 Å². The van der Waals surface area contributed by atoms with Gasteiger partial charge in [-0.1, -0.05) is 0 Å². The van der Waals surface area contributed by atoms with Gasteiger partial charge < -0.3 is 69.0 Å². The quantitative estimate of drug-likeness (QED) is 0.00866. The van der Waals surface area contributed by atoms with Gasteiger partial charge in [-0.25, -0.2) is 8.78 Å². The van der Waals surface area contributed by atoms with E-state index in [0.29, 0.717) is 25.8 Å². The maximum Gasteiger partial charge on any atom is 0.313 e. The average molecular weight is 1160 g/mol. The zero-order valence-corrected chi connectivity index (χ0v) is 45.0. The van der Waals surface area contributed by atoms with Crippen LogP contribution in [0.5, 0.6) is 5.75 Å². The summed E-state index contributed by atoms with van der Waals surface area (Å²) < 4.78 is 102. The molecule has 1 unspecified atom stereocenters. The van der Waals surface area contributed by atoms with E-state index in [4.69, 9.17) is 37.9 Å². The number of benzene rings is 1. The maximum atomic E-state index is 13.7. The lowest BCUT2D eigenvalue weighted by molar-refractivity contribution is -0.139. The van der Waals surface area contributed by atoms with Gasteiger partial charge in [-0.05, 0) is 19.3 Å². The number of nitrogens with zero attached hydrogens (tertiary/aromatic N) is 2. The largest absolute Gasteiger partial charge is 0.420 e. The highest BCUT2D eigenvalue weighted by Crippen LogP contribution is 2.26. The van der Waals surface area contributed by atoms with E-state index in [9.17, 15) is 65.8 Å². The van der Waals surface area contributed by atoms with Crippen molar-refractivity contribution in [3.05, 3.63) is 53.6 Å². The summed E-state index contributed by atoms with van der Waals surface area (Å²) in [7, 11) is 0. The molecule has 2 heterocycles. The zero-order chi connectivity index (χ0) is 59.0. The van der Waals surface area contributed by atoms with Gasteiger partial charge in [0.2, 0.25) is 41.0 Å². The van der Waals surface area contributed by atoms with Gasteiger partial charge >= 0.3 is 5.97 Å². The topological polar surface area (TPSA) is 324 Å². The summed E-state index contributed by atoms with van der Waals surface area (Å²) in [5.74, 6) is -12.9. The van der Waals surface area contributed by atoms with E-state index in [-0.39, 0.29) is 194 Å². The van der Waals surface area contributed by atoms with Crippen LogP contribution in [-0.4, -0.2) is 225 Å². The number of rotatable bonds is 48. The number of ether oxygens (including phenoxy) is 9. The third kappa shape index (κ3) is 30.3. The number of nitrogens with one attached hydrogen (secondary N) is 5. The molecule has 0 radical (unpaired) electrons. The van der Waals surface area contributed by atoms with Crippen molar-refractivity contribution in [2.24, 2.45) is 0 Å². The van der Waals surface area contributed by atoms with Gasteiger partial charge in [-0.2, -0.15) is 8.78 Å². The second-order valence-corrected chi connectivity index (χ2v) is 17.4. The number of imide groups is 2. The van der Waals surface area contributed by atoms with Crippen molar-refractivity contribution >= 4 is 53.2 Å². The summed E-state index contributed by atoms with van der Waals surface area (Å²) in [6.07, 6.45) is 4.38. The Hall–Kier alpha value is -6.35. The van der Waals surface area contributed by atoms with Gasteiger partial charge in [0.05, 0.1) is 118 Å². The number of halogens is 4. The Kier molecular flexibility index (Phi) is 35.4. The lowest BCUT2D eigenvalue weighted by Gasteiger charge is -2.25. The molecule has 30 heteroatoms.